The van der Waals surface area contributed by atoms with Crippen LogP contribution in [0.5, 0.6) is 0 Å². The van der Waals surface area contributed by atoms with Gasteiger partial charge in [0, 0.05) is 18.1 Å². The summed E-state index contributed by atoms with van der Waals surface area (Å²) in [5.41, 5.74) is 7.91. The summed E-state index contributed by atoms with van der Waals surface area (Å²) in [7, 11) is -2.01. The van der Waals surface area contributed by atoms with Crippen molar-refractivity contribution in [2.45, 2.75) is 20.3 Å². The molecule has 3 N–H and O–H groups in total. The molecule has 0 fully saturated rings. The van der Waals surface area contributed by atoms with E-state index in [-0.39, 0.29) is 0 Å². The van der Waals surface area contributed by atoms with E-state index in [0.717, 1.165) is 15.6 Å². The van der Waals surface area contributed by atoms with Gasteiger partial charge in [-0.05, 0) is 59.9 Å². The maximum atomic E-state index is 12.1. The monoisotopic (exact) mass is 349 g/mol. The summed E-state index contributed by atoms with van der Waals surface area (Å²) in [6, 6.07) is 3.81. The van der Waals surface area contributed by atoms with Crippen LogP contribution in [0.2, 0.25) is 0 Å². The van der Waals surface area contributed by atoms with Crippen molar-refractivity contribution in [2.24, 2.45) is 5.73 Å². The molecular formula is C12H20BrN3O2S. The summed E-state index contributed by atoms with van der Waals surface area (Å²) in [6.07, 6.45) is 0.630. The number of benzene rings is 1. The first kappa shape index (κ1) is 16.4. The van der Waals surface area contributed by atoms with Crippen LogP contribution in [0.25, 0.3) is 0 Å². The molecule has 0 bridgehead atoms. The van der Waals surface area contributed by atoms with Crippen molar-refractivity contribution in [3.05, 3.63) is 27.7 Å². The molecule has 0 heterocycles. The van der Waals surface area contributed by atoms with Crippen molar-refractivity contribution in [3.8, 4) is 0 Å². The van der Waals surface area contributed by atoms with Crippen LogP contribution in [0.4, 0.5) is 5.69 Å². The first-order valence-electron chi connectivity index (χ1n) is 5.99. The van der Waals surface area contributed by atoms with Crippen molar-refractivity contribution in [3.63, 3.8) is 0 Å². The summed E-state index contributed by atoms with van der Waals surface area (Å²) >= 11 is 3.39. The largest absolute Gasteiger partial charge is 0.330 e. The summed E-state index contributed by atoms with van der Waals surface area (Å²) in [5, 5.41) is 0. The van der Waals surface area contributed by atoms with Crippen molar-refractivity contribution < 1.29 is 8.42 Å². The molecule has 0 unspecified atom stereocenters. The molecule has 0 aliphatic rings. The number of anilines is 1. The van der Waals surface area contributed by atoms with Gasteiger partial charge in [0.2, 0.25) is 0 Å². The zero-order valence-electron chi connectivity index (χ0n) is 11.4. The molecule has 0 saturated heterocycles. The summed E-state index contributed by atoms with van der Waals surface area (Å²) in [6.45, 7) is 4.69. The lowest BCUT2D eigenvalue weighted by atomic mass is 10.1. The highest BCUT2D eigenvalue weighted by Crippen LogP contribution is 2.28. The molecule has 0 radical (unpaired) electrons. The molecule has 1 rings (SSSR count). The number of aryl methyl sites for hydroxylation is 2. The van der Waals surface area contributed by atoms with Gasteiger partial charge < -0.3 is 5.73 Å². The highest BCUT2D eigenvalue weighted by Gasteiger charge is 2.19. The van der Waals surface area contributed by atoms with E-state index in [9.17, 15) is 8.42 Å². The molecule has 0 aromatic heterocycles. The number of halogens is 1. The van der Waals surface area contributed by atoms with Gasteiger partial charge in [-0.15, -0.1) is 0 Å². The Morgan fingerprint density at radius 1 is 1.37 bits per heavy atom. The normalized spacial score (nSPS) is 11.9. The second-order valence-electron chi connectivity index (χ2n) is 4.51. The zero-order valence-corrected chi connectivity index (χ0v) is 13.8. The molecule has 0 saturated carbocycles. The Hall–Kier alpha value is -0.630. The molecule has 0 amide bonds. The van der Waals surface area contributed by atoms with Crippen molar-refractivity contribution in [1.29, 1.82) is 0 Å². The molecule has 1 aromatic rings. The van der Waals surface area contributed by atoms with Crippen LogP contribution in [0.1, 0.15) is 17.5 Å². The Kier molecular flexibility index (Phi) is 5.79. The Morgan fingerprint density at radius 3 is 2.53 bits per heavy atom. The average molecular weight is 350 g/mol. The fraction of sp³-hybridized carbons (Fsp3) is 0.500. The van der Waals surface area contributed by atoms with E-state index in [1.807, 2.05) is 26.0 Å². The van der Waals surface area contributed by atoms with Crippen molar-refractivity contribution in [2.75, 3.05) is 24.9 Å². The van der Waals surface area contributed by atoms with E-state index >= 15 is 0 Å². The Labute approximate surface area is 123 Å². The number of rotatable bonds is 6. The van der Waals surface area contributed by atoms with E-state index in [0.29, 0.717) is 25.2 Å². The Balaban J connectivity index is 2.96. The summed E-state index contributed by atoms with van der Waals surface area (Å²) in [4.78, 5) is 0. The van der Waals surface area contributed by atoms with Gasteiger partial charge in [-0.1, -0.05) is 6.07 Å². The van der Waals surface area contributed by atoms with E-state index in [2.05, 4.69) is 20.7 Å². The highest BCUT2D eigenvalue weighted by atomic mass is 79.9. The van der Waals surface area contributed by atoms with Gasteiger partial charge in [0.25, 0.3) is 0 Å². The lowest BCUT2D eigenvalue weighted by molar-refractivity contribution is 0.468. The molecule has 7 heteroatoms. The van der Waals surface area contributed by atoms with E-state index in [1.54, 1.807) is 0 Å². The fourth-order valence-electron chi connectivity index (χ4n) is 1.69. The van der Waals surface area contributed by atoms with Crippen LogP contribution in [0, 0.1) is 13.8 Å². The first-order valence-corrected chi connectivity index (χ1v) is 8.22. The third kappa shape index (κ3) is 4.45. The molecular weight excluding hydrogens is 330 g/mol. The minimum atomic E-state index is -3.55. The van der Waals surface area contributed by atoms with Crippen molar-refractivity contribution in [1.82, 2.24) is 4.31 Å². The second-order valence-corrected chi connectivity index (χ2v) is 7.14. The van der Waals surface area contributed by atoms with E-state index in [1.165, 1.54) is 11.4 Å². The molecule has 0 aliphatic heterocycles. The fourth-order valence-corrected chi connectivity index (χ4v) is 3.64. The SMILES string of the molecule is Cc1cc(C)c(NS(=O)(=O)N(C)CCCN)c(Br)c1. The third-order valence-corrected chi connectivity index (χ3v) is 4.84. The molecule has 1 aromatic carbocycles. The summed E-state index contributed by atoms with van der Waals surface area (Å²) < 4.78 is 28.9. The predicted octanol–water partition coefficient (Wildman–Crippen LogP) is 2.00. The number of nitrogens with zero attached hydrogens (tertiary/aromatic N) is 1. The van der Waals surface area contributed by atoms with E-state index < -0.39 is 10.2 Å². The summed E-state index contributed by atoms with van der Waals surface area (Å²) in [5.74, 6) is 0. The van der Waals surface area contributed by atoms with Crippen LogP contribution in [-0.4, -0.2) is 32.9 Å². The minimum Gasteiger partial charge on any atom is -0.330 e. The van der Waals surface area contributed by atoms with Crippen LogP contribution in [0.15, 0.2) is 16.6 Å². The number of nitrogens with one attached hydrogen (secondary N) is 1. The maximum absolute atomic E-state index is 12.1. The molecule has 0 atom stereocenters. The van der Waals surface area contributed by atoms with Crippen molar-refractivity contribution >= 4 is 31.8 Å². The first-order chi connectivity index (χ1) is 8.77. The van der Waals surface area contributed by atoms with Gasteiger partial charge >= 0.3 is 10.2 Å². The second kappa shape index (κ2) is 6.69. The predicted molar refractivity (Wildman–Crippen MR) is 82.5 cm³/mol. The topological polar surface area (TPSA) is 75.4 Å². The molecule has 108 valence electrons. The zero-order chi connectivity index (χ0) is 14.6. The van der Waals surface area contributed by atoms with Gasteiger partial charge in [-0.3, -0.25) is 4.72 Å². The maximum Gasteiger partial charge on any atom is 0.301 e. The number of hydrogen-bond acceptors (Lipinski definition) is 3. The Morgan fingerprint density at radius 2 is 2.00 bits per heavy atom. The van der Waals surface area contributed by atoms with Crippen LogP contribution < -0.4 is 10.5 Å². The highest BCUT2D eigenvalue weighted by molar-refractivity contribution is 9.10. The van der Waals surface area contributed by atoms with Gasteiger partial charge in [0.05, 0.1) is 5.69 Å². The number of nitrogens with two attached hydrogens (primary N) is 1. The Bertz CT molecular complexity index is 523. The third-order valence-electron chi connectivity index (χ3n) is 2.75. The lowest BCUT2D eigenvalue weighted by Gasteiger charge is -2.20. The average Bonchev–Trinajstić information content (AvgIpc) is 2.30. The van der Waals surface area contributed by atoms with Crippen LogP contribution in [0.3, 0.4) is 0 Å². The minimum absolute atomic E-state index is 0.397. The molecule has 0 spiro atoms. The standard InChI is InChI=1S/C12H20BrN3O2S/c1-9-7-10(2)12(11(13)8-9)15-19(17,18)16(3)6-4-5-14/h7-8,15H,4-6,14H2,1-3H3. The smallest absolute Gasteiger partial charge is 0.301 e. The quantitative estimate of drug-likeness (QED) is 0.824. The van der Waals surface area contributed by atoms with Gasteiger partial charge in [0.15, 0.2) is 0 Å². The molecule has 5 nitrogen and oxygen atoms in total. The molecule has 0 aliphatic carbocycles. The van der Waals surface area contributed by atoms with Gasteiger partial charge in [0.1, 0.15) is 0 Å². The van der Waals surface area contributed by atoms with Crippen LogP contribution >= 0.6 is 15.9 Å². The lowest BCUT2D eigenvalue weighted by Crippen LogP contribution is -2.34. The van der Waals surface area contributed by atoms with Gasteiger partial charge in [-0.2, -0.15) is 12.7 Å². The van der Waals surface area contributed by atoms with Gasteiger partial charge in [-0.25, -0.2) is 0 Å². The number of hydrogen-bond donors (Lipinski definition) is 2. The van der Waals surface area contributed by atoms with E-state index in [4.69, 9.17) is 5.73 Å². The van der Waals surface area contributed by atoms with Crippen LogP contribution in [-0.2, 0) is 10.2 Å². The molecule has 19 heavy (non-hydrogen) atoms.